The molecule has 0 unspecified atom stereocenters. The van der Waals surface area contributed by atoms with Gasteiger partial charge in [0.25, 0.3) is 0 Å². The van der Waals surface area contributed by atoms with E-state index in [1.54, 1.807) is 0 Å². The molecule has 0 saturated carbocycles. The summed E-state index contributed by atoms with van der Waals surface area (Å²) in [5, 5.41) is 0. The Kier molecular flexibility index (Phi) is 16.4. The van der Waals surface area contributed by atoms with Gasteiger partial charge in [-0.2, -0.15) is 0 Å². The van der Waals surface area contributed by atoms with Gasteiger partial charge >= 0.3 is 66.9 Å². The van der Waals surface area contributed by atoms with E-state index in [1.807, 2.05) is 12.1 Å². The SMILES string of the molecule is F[P-](F)(F)(F)(F)F.[C-]#[O+].[C-]#[O+].[C-]#[O+].[Mn].c1ccc(-c2ccccc2)cc1. The average Bonchev–Trinajstić information content (AvgIpc) is 2.59. The van der Waals surface area contributed by atoms with Gasteiger partial charge in [-0.25, -0.2) is 0 Å². The molecule has 1 radical (unpaired) electrons. The summed E-state index contributed by atoms with van der Waals surface area (Å²) in [6.07, 6.45) is 0. The summed E-state index contributed by atoms with van der Waals surface area (Å²) in [6.45, 7) is 13.5. The fourth-order valence-corrected chi connectivity index (χ4v) is 1.26. The Balaban J connectivity index is -0.000000151. The van der Waals surface area contributed by atoms with Crippen molar-refractivity contribution in [2.24, 2.45) is 0 Å². The predicted molar refractivity (Wildman–Crippen MR) is 77.2 cm³/mol. The van der Waals surface area contributed by atoms with E-state index in [9.17, 15) is 25.2 Å². The molecule has 0 saturated heterocycles. The van der Waals surface area contributed by atoms with Crippen molar-refractivity contribution in [3.05, 3.63) is 80.6 Å². The summed E-state index contributed by atoms with van der Waals surface area (Å²) in [7, 11) is -10.7. The molecule has 0 aliphatic heterocycles. The first-order valence-corrected chi connectivity index (χ1v) is 7.73. The van der Waals surface area contributed by atoms with E-state index < -0.39 is 7.81 Å². The number of hydrogen-bond donors (Lipinski definition) is 0. The van der Waals surface area contributed by atoms with Crippen LogP contribution in [0.4, 0.5) is 25.2 Å². The molecule has 0 amide bonds. The molecule has 26 heavy (non-hydrogen) atoms. The zero-order valence-corrected chi connectivity index (χ0v) is 14.7. The van der Waals surface area contributed by atoms with Gasteiger partial charge in [-0.15, -0.1) is 0 Å². The molecule has 0 heterocycles. The fourth-order valence-electron chi connectivity index (χ4n) is 1.26. The van der Waals surface area contributed by atoms with Crippen LogP contribution in [0.1, 0.15) is 0 Å². The van der Waals surface area contributed by atoms with Crippen LogP contribution in [0, 0.1) is 20.0 Å². The molecular formula is C15H10F6MnO3P-. The van der Waals surface area contributed by atoms with Crippen molar-refractivity contribution in [3.63, 3.8) is 0 Å². The van der Waals surface area contributed by atoms with Crippen LogP contribution in [-0.2, 0) is 31.0 Å². The average molecular weight is 438 g/mol. The molecule has 143 valence electrons. The maximum Gasteiger partial charge on any atom is 0 e. The molecule has 11 heteroatoms. The van der Waals surface area contributed by atoms with Gasteiger partial charge in [0.2, 0.25) is 0 Å². The van der Waals surface area contributed by atoms with E-state index in [1.165, 1.54) is 11.1 Å². The van der Waals surface area contributed by atoms with Gasteiger partial charge in [-0.3, -0.25) is 0 Å². The molecule has 0 bridgehead atoms. The van der Waals surface area contributed by atoms with Gasteiger partial charge in [-0.1, -0.05) is 60.7 Å². The summed E-state index contributed by atoms with van der Waals surface area (Å²) >= 11 is 0. The van der Waals surface area contributed by atoms with E-state index in [0.29, 0.717) is 0 Å². The number of rotatable bonds is 1. The predicted octanol–water partition coefficient (Wildman–Crippen LogP) is 6.62. The Bertz CT molecular complexity index is 592. The summed E-state index contributed by atoms with van der Waals surface area (Å²) in [4.78, 5) is 0. The van der Waals surface area contributed by atoms with Crippen molar-refractivity contribution in [1.29, 1.82) is 0 Å². The Morgan fingerprint density at radius 1 is 0.500 bits per heavy atom. The van der Waals surface area contributed by atoms with Crippen LogP contribution in [0.15, 0.2) is 60.7 Å². The van der Waals surface area contributed by atoms with Gasteiger partial charge in [0.05, 0.1) is 0 Å². The van der Waals surface area contributed by atoms with Crippen LogP contribution < -0.4 is 0 Å². The van der Waals surface area contributed by atoms with Crippen molar-refractivity contribution in [1.82, 2.24) is 0 Å². The number of benzene rings is 2. The Morgan fingerprint density at radius 3 is 0.808 bits per heavy atom. The minimum atomic E-state index is -10.7. The van der Waals surface area contributed by atoms with Crippen LogP contribution in [0.5, 0.6) is 0 Å². The van der Waals surface area contributed by atoms with E-state index >= 15 is 0 Å². The molecule has 0 atom stereocenters. The second kappa shape index (κ2) is 13.4. The minimum absolute atomic E-state index is 0. The first kappa shape index (κ1) is 31.9. The van der Waals surface area contributed by atoms with Crippen molar-refractivity contribution in [3.8, 4) is 11.1 Å². The molecule has 2 rings (SSSR count). The Morgan fingerprint density at radius 2 is 0.654 bits per heavy atom. The topological polar surface area (TPSA) is 59.7 Å². The molecule has 0 aliphatic carbocycles. The van der Waals surface area contributed by atoms with E-state index in [-0.39, 0.29) is 17.1 Å². The molecule has 0 N–H and O–H groups in total. The van der Waals surface area contributed by atoms with Crippen LogP contribution in [0.25, 0.3) is 11.1 Å². The molecule has 0 spiro atoms. The first-order valence-electron chi connectivity index (χ1n) is 5.70. The summed E-state index contributed by atoms with van der Waals surface area (Å²) in [6, 6.07) is 20.8. The van der Waals surface area contributed by atoms with E-state index in [0.717, 1.165) is 0 Å². The third-order valence-corrected chi connectivity index (χ3v) is 1.88. The first-order chi connectivity index (χ1) is 11.4. The zero-order valence-electron chi connectivity index (χ0n) is 12.6. The van der Waals surface area contributed by atoms with Crippen LogP contribution in [0.3, 0.4) is 0 Å². The van der Waals surface area contributed by atoms with Crippen LogP contribution >= 0.6 is 7.81 Å². The van der Waals surface area contributed by atoms with Crippen molar-refractivity contribution in [2.45, 2.75) is 0 Å². The molecule has 0 aliphatic rings. The summed E-state index contributed by atoms with van der Waals surface area (Å²) in [5.74, 6) is 0. The largest absolute Gasteiger partial charge is 0.0622 e. The summed E-state index contributed by atoms with van der Waals surface area (Å²) < 4.78 is 81.7. The molecule has 0 fully saturated rings. The van der Waals surface area contributed by atoms with Gasteiger partial charge < -0.3 is 0 Å². The monoisotopic (exact) mass is 438 g/mol. The fraction of sp³-hybridized carbons (Fsp3) is 0. The standard InChI is InChI=1S/C12H10.3CO.F6P.Mn/c1-3-7-11(8-4-1)12-9-5-2-6-10-12;3*1-2;1-7(2,3,4,5)6;/h1-10H;;;;;/q;;;;-1;. The molecule has 2 aromatic carbocycles. The van der Waals surface area contributed by atoms with Crippen LogP contribution in [-0.4, -0.2) is 0 Å². The smallest absolute Gasteiger partial charge is 0 e. The van der Waals surface area contributed by atoms with Crippen molar-refractivity contribution >= 4 is 7.81 Å². The molecule has 0 aromatic heterocycles. The number of halogens is 6. The Hall–Kier alpha value is -1.81. The minimum Gasteiger partial charge on any atom is -0.0622 e. The van der Waals surface area contributed by atoms with Gasteiger partial charge in [0, 0.05) is 17.1 Å². The Labute approximate surface area is 156 Å². The van der Waals surface area contributed by atoms with E-state index in [4.69, 9.17) is 14.0 Å². The number of hydrogen-bond acceptors (Lipinski definition) is 0. The van der Waals surface area contributed by atoms with Gasteiger partial charge in [-0.05, 0) is 11.1 Å². The quantitative estimate of drug-likeness (QED) is 0.158. The maximum atomic E-state index is 9.87. The van der Waals surface area contributed by atoms with Gasteiger partial charge in [0.1, 0.15) is 0 Å². The van der Waals surface area contributed by atoms with Crippen molar-refractivity contribution < 1.29 is 56.2 Å². The second-order valence-electron chi connectivity index (χ2n) is 3.69. The zero-order chi connectivity index (χ0) is 20.6. The summed E-state index contributed by atoms with van der Waals surface area (Å²) in [5.41, 5.74) is 2.55. The van der Waals surface area contributed by atoms with Gasteiger partial charge in [0.15, 0.2) is 0 Å². The molecule has 3 nitrogen and oxygen atoms in total. The third kappa shape index (κ3) is 30.1. The molecular weight excluding hydrogens is 428 g/mol. The third-order valence-electron chi connectivity index (χ3n) is 1.88. The normalized spacial score (nSPS) is 10.9. The second-order valence-corrected chi connectivity index (χ2v) is 5.61. The van der Waals surface area contributed by atoms with Crippen LogP contribution in [0.2, 0.25) is 0 Å². The van der Waals surface area contributed by atoms with E-state index in [2.05, 4.69) is 68.5 Å². The maximum absolute atomic E-state index is 10.7. The van der Waals surface area contributed by atoms with Crippen molar-refractivity contribution in [2.75, 3.05) is 0 Å². The molecule has 2 aromatic rings.